The molecule has 0 amide bonds. The molecule has 438 valence electrons. The highest BCUT2D eigenvalue weighted by Crippen LogP contribution is 2.43. The second-order valence-electron chi connectivity index (χ2n) is 21.6. The summed E-state index contributed by atoms with van der Waals surface area (Å²) in [5.41, 5.74) is 0. The van der Waals surface area contributed by atoms with Gasteiger partial charge in [-0.3, -0.25) is 23.4 Å². The van der Waals surface area contributed by atoms with Gasteiger partial charge in [0, 0.05) is 19.3 Å². The number of carbonyl (C=O) groups is 3. The molecule has 0 radical (unpaired) electrons. The summed E-state index contributed by atoms with van der Waals surface area (Å²) in [4.78, 5) is 48.6. The summed E-state index contributed by atoms with van der Waals surface area (Å²) in [5.74, 6) is -1.44. The first-order chi connectivity index (χ1) is 36.2. The number of phosphoric acid groups is 1. The summed E-state index contributed by atoms with van der Waals surface area (Å²) in [6.07, 6.45) is 57.3. The van der Waals surface area contributed by atoms with Crippen LogP contribution in [0.1, 0.15) is 329 Å². The Morgan fingerprint density at radius 2 is 0.622 bits per heavy atom. The summed E-state index contributed by atoms with van der Waals surface area (Å²) in [6, 6.07) is 0. The average molecular weight is 1070 g/mol. The van der Waals surface area contributed by atoms with Gasteiger partial charge in [0.25, 0.3) is 0 Å². The fourth-order valence-electron chi connectivity index (χ4n) is 9.35. The molecule has 0 aliphatic heterocycles. The highest BCUT2D eigenvalue weighted by molar-refractivity contribution is 7.47. The zero-order valence-corrected chi connectivity index (χ0v) is 49.5. The van der Waals surface area contributed by atoms with E-state index < -0.39 is 57.8 Å². The number of aliphatic hydroxyl groups is 1. The zero-order chi connectivity index (χ0) is 54.1. The van der Waals surface area contributed by atoms with Gasteiger partial charge in [0.15, 0.2) is 6.10 Å². The number of unbranched alkanes of at least 4 members (excludes halogenated alkanes) is 41. The molecule has 11 nitrogen and oxygen atoms in total. The van der Waals surface area contributed by atoms with E-state index in [0.717, 1.165) is 77.0 Å². The molecule has 12 heteroatoms. The van der Waals surface area contributed by atoms with E-state index in [1.165, 1.54) is 193 Å². The first kappa shape index (κ1) is 72.2. The minimum atomic E-state index is -4.74. The van der Waals surface area contributed by atoms with Gasteiger partial charge in [-0.25, -0.2) is 4.57 Å². The highest BCUT2D eigenvalue weighted by atomic mass is 31.2. The van der Waals surface area contributed by atoms with E-state index >= 15 is 0 Å². The molecule has 3 atom stereocenters. The summed E-state index contributed by atoms with van der Waals surface area (Å²) in [5, 5.41) is 9.84. The summed E-state index contributed by atoms with van der Waals surface area (Å²) >= 11 is 0. The van der Waals surface area contributed by atoms with Crippen molar-refractivity contribution in [1.82, 2.24) is 0 Å². The molecule has 0 rings (SSSR count). The van der Waals surface area contributed by atoms with E-state index in [2.05, 4.69) is 32.9 Å². The summed E-state index contributed by atoms with van der Waals surface area (Å²) in [7, 11) is -4.74. The van der Waals surface area contributed by atoms with Gasteiger partial charge in [-0.2, -0.15) is 0 Å². The van der Waals surface area contributed by atoms with Crippen LogP contribution in [0.25, 0.3) is 0 Å². The third-order valence-corrected chi connectivity index (χ3v) is 15.1. The van der Waals surface area contributed by atoms with E-state index in [1.54, 1.807) is 0 Å². The van der Waals surface area contributed by atoms with Gasteiger partial charge in [0.2, 0.25) is 0 Å². The Kier molecular flexibility index (Phi) is 56.0. The van der Waals surface area contributed by atoms with Crippen LogP contribution >= 0.6 is 7.82 Å². The van der Waals surface area contributed by atoms with E-state index in [9.17, 15) is 28.9 Å². The molecule has 0 fully saturated rings. The first-order valence-corrected chi connectivity index (χ1v) is 33.1. The molecule has 0 aromatic heterocycles. The number of hydrogen-bond donors (Lipinski definition) is 2. The fraction of sp³-hybridized carbons (Fsp3) is 0.919. The Morgan fingerprint density at radius 1 is 0.365 bits per heavy atom. The van der Waals surface area contributed by atoms with Crippen molar-refractivity contribution in [3.05, 3.63) is 12.2 Å². The monoisotopic (exact) mass is 1070 g/mol. The quantitative estimate of drug-likeness (QED) is 0.0197. The van der Waals surface area contributed by atoms with E-state index in [4.69, 9.17) is 23.3 Å². The van der Waals surface area contributed by atoms with Crippen LogP contribution in [0.2, 0.25) is 0 Å². The van der Waals surface area contributed by atoms with Gasteiger partial charge in [-0.15, -0.1) is 0 Å². The molecule has 3 unspecified atom stereocenters. The predicted molar refractivity (Wildman–Crippen MR) is 307 cm³/mol. The highest BCUT2D eigenvalue weighted by Gasteiger charge is 2.28. The van der Waals surface area contributed by atoms with Crippen molar-refractivity contribution in [1.29, 1.82) is 0 Å². The van der Waals surface area contributed by atoms with Crippen LogP contribution in [-0.2, 0) is 42.2 Å². The number of esters is 3. The summed E-state index contributed by atoms with van der Waals surface area (Å²) in [6.45, 7) is 4.71. The van der Waals surface area contributed by atoms with Crippen molar-refractivity contribution in [3.8, 4) is 0 Å². The molecule has 0 aliphatic carbocycles. The minimum absolute atomic E-state index is 0.175. The van der Waals surface area contributed by atoms with Crippen molar-refractivity contribution in [2.45, 2.75) is 341 Å². The Hall–Kier alpha value is -1.78. The molecule has 74 heavy (non-hydrogen) atoms. The predicted octanol–water partition coefficient (Wildman–Crippen LogP) is 18.8. The molecule has 0 saturated heterocycles. The van der Waals surface area contributed by atoms with Crippen LogP contribution in [0.3, 0.4) is 0 Å². The van der Waals surface area contributed by atoms with Crippen molar-refractivity contribution in [2.24, 2.45) is 0 Å². The third kappa shape index (κ3) is 55.0. The van der Waals surface area contributed by atoms with Crippen molar-refractivity contribution in [2.75, 3.05) is 26.4 Å². The lowest BCUT2D eigenvalue weighted by Crippen LogP contribution is -2.30. The number of hydrogen-bond acceptors (Lipinski definition) is 10. The Bertz CT molecular complexity index is 1290. The van der Waals surface area contributed by atoms with Crippen molar-refractivity contribution >= 4 is 25.7 Å². The number of carbonyl (C=O) groups excluding carboxylic acids is 3. The van der Waals surface area contributed by atoms with E-state index in [1.807, 2.05) is 0 Å². The van der Waals surface area contributed by atoms with Crippen LogP contribution in [0.5, 0.6) is 0 Å². The number of rotatable bonds is 60. The first-order valence-electron chi connectivity index (χ1n) is 31.6. The van der Waals surface area contributed by atoms with Crippen molar-refractivity contribution in [3.63, 3.8) is 0 Å². The van der Waals surface area contributed by atoms with Gasteiger partial charge < -0.3 is 24.2 Å². The fourth-order valence-corrected chi connectivity index (χ4v) is 10.1. The average Bonchev–Trinajstić information content (AvgIpc) is 3.39. The lowest BCUT2D eigenvalue weighted by atomic mass is 10.0. The Labute approximate surface area is 456 Å². The molecule has 0 spiro atoms. The second kappa shape index (κ2) is 57.4. The van der Waals surface area contributed by atoms with Gasteiger partial charge in [0.1, 0.15) is 12.7 Å². The molecule has 0 saturated carbocycles. The standard InChI is InChI=1S/C62H119O11P/c1-4-7-10-13-16-19-22-25-27-29-31-34-37-40-43-46-49-52-61(65)72-58(54-63)56-70-74(67,68)71-57-59(55-69-60(64)51-48-45-42-39-36-33-24-21-18-15-12-9-6-3)73-62(66)53-50-47-44-41-38-35-32-30-28-26-23-20-17-14-11-8-5-2/h21,24,58-59,63H,4-20,22-23,25-57H2,1-3H3,(H,67,68)/b24-21-. The van der Waals surface area contributed by atoms with Crippen LogP contribution in [-0.4, -0.2) is 66.5 Å². The van der Waals surface area contributed by atoms with Crippen LogP contribution < -0.4 is 0 Å². The molecule has 0 bridgehead atoms. The van der Waals surface area contributed by atoms with E-state index in [0.29, 0.717) is 19.3 Å². The molecule has 0 aromatic carbocycles. The van der Waals surface area contributed by atoms with Crippen molar-refractivity contribution < 1.29 is 52.2 Å². The Morgan fingerprint density at radius 3 is 0.946 bits per heavy atom. The summed E-state index contributed by atoms with van der Waals surface area (Å²) < 4.78 is 39.6. The molecule has 2 N–H and O–H groups in total. The number of phosphoric ester groups is 1. The largest absolute Gasteiger partial charge is 0.472 e. The maximum Gasteiger partial charge on any atom is 0.472 e. The minimum Gasteiger partial charge on any atom is -0.462 e. The molecule has 0 aliphatic rings. The van der Waals surface area contributed by atoms with Gasteiger partial charge in [0.05, 0.1) is 19.8 Å². The maximum atomic E-state index is 12.9. The third-order valence-electron chi connectivity index (χ3n) is 14.2. The second-order valence-corrected chi connectivity index (χ2v) is 23.0. The molecular formula is C62H119O11P. The number of allylic oxidation sites excluding steroid dienone is 2. The molecule has 0 aromatic rings. The Balaban J connectivity index is 4.61. The molecular weight excluding hydrogens is 952 g/mol. The zero-order valence-electron chi connectivity index (χ0n) is 48.6. The maximum absolute atomic E-state index is 12.9. The van der Waals surface area contributed by atoms with Gasteiger partial charge >= 0.3 is 25.7 Å². The lowest BCUT2D eigenvalue weighted by Gasteiger charge is -2.21. The molecule has 0 heterocycles. The SMILES string of the molecule is CCCCCC/C=C\CCCCCCCC(=O)OCC(COP(=O)(O)OCC(CO)OC(=O)CCCCCCCCCCCCCCCCCCC)OC(=O)CCCCCCCCCCCCCCCCCCC. The van der Waals surface area contributed by atoms with Crippen LogP contribution in [0, 0.1) is 0 Å². The normalized spacial score (nSPS) is 13.3. The van der Waals surface area contributed by atoms with Gasteiger partial charge in [-0.1, -0.05) is 277 Å². The topological polar surface area (TPSA) is 155 Å². The number of aliphatic hydroxyl groups excluding tert-OH is 1. The lowest BCUT2D eigenvalue weighted by molar-refractivity contribution is -0.161. The smallest absolute Gasteiger partial charge is 0.462 e. The van der Waals surface area contributed by atoms with Crippen LogP contribution in [0.15, 0.2) is 12.2 Å². The number of ether oxygens (including phenoxy) is 3. The van der Waals surface area contributed by atoms with E-state index in [-0.39, 0.29) is 25.9 Å². The van der Waals surface area contributed by atoms with Gasteiger partial charge in [-0.05, 0) is 44.9 Å². The van der Waals surface area contributed by atoms with Crippen LogP contribution in [0.4, 0.5) is 0 Å².